The van der Waals surface area contributed by atoms with Crippen LogP contribution in [0.1, 0.15) is 17.3 Å². The number of benzene rings is 2. The van der Waals surface area contributed by atoms with Crippen LogP contribution in [0.4, 0.5) is 11.4 Å². The van der Waals surface area contributed by atoms with Crippen molar-refractivity contribution in [3.8, 4) is 11.5 Å². The van der Waals surface area contributed by atoms with Crippen LogP contribution in [0.25, 0.3) is 0 Å². The summed E-state index contributed by atoms with van der Waals surface area (Å²) in [7, 11) is 1.38. The molecule has 114 valence electrons. The monoisotopic (exact) mass is 300 g/mol. The van der Waals surface area contributed by atoms with E-state index in [4.69, 9.17) is 10.5 Å². The maximum atomic E-state index is 12.7. The van der Waals surface area contributed by atoms with E-state index in [9.17, 15) is 14.7 Å². The Morgan fingerprint density at radius 3 is 2.45 bits per heavy atom. The van der Waals surface area contributed by atoms with Crippen LogP contribution >= 0.6 is 0 Å². The summed E-state index contributed by atoms with van der Waals surface area (Å²) < 4.78 is 5.09. The largest absolute Gasteiger partial charge is 0.507 e. The van der Waals surface area contributed by atoms with Crippen LogP contribution < -0.4 is 15.4 Å². The molecular formula is C16H16N2O4. The van der Waals surface area contributed by atoms with Crippen molar-refractivity contribution < 1.29 is 19.4 Å². The zero-order valence-electron chi connectivity index (χ0n) is 12.2. The van der Waals surface area contributed by atoms with E-state index < -0.39 is 11.8 Å². The lowest BCUT2D eigenvalue weighted by molar-refractivity contribution is -0.115. The van der Waals surface area contributed by atoms with Crippen LogP contribution in [-0.4, -0.2) is 24.0 Å². The Bertz CT molecular complexity index is 728. The van der Waals surface area contributed by atoms with Crippen molar-refractivity contribution >= 4 is 23.2 Å². The van der Waals surface area contributed by atoms with E-state index in [0.717, 1.165) is 4.90 Å². The second-order valence-electron chi connectivity index (χ2n) is 4.61. The predicted molar refractivity (Wildman–Crippen MR) is 83.0 cm³/mol. The first kappa shape index (κ1) is 15.4. The lowest BCUT2D eigenvalue weighted by atomic mass is 10.1. The van der Waals surface area contributed by atoms with Gasteiger partial charge in [-0.25, -0.2) is 4.90 Å². The van der Waals surface area contributed by atoms with Crippen molar-refractivity contribution in [2.24, 2.45) is 0 Å². The van der Waals surface area contributed by atoms with Crippen LogP contribution in [0.15, 0.2) is 42.5 Å². The van der Waals surface area contributed by atoms with Crippen molar-refractivity contribution in [1.29, 1.82) is 0 Å². The highest BCUT2D eigenvalue weighted by Gasteiger charge is 2.27. The number of imide groups is 1. The van der Waals surface area contributed by atoms with Gasteiger partial charge in [-0.1, -0.05) is 12.1 Å². The number of aromatic hydroxyl groups is 1. The second-order valence-corrected chi connectivity index (χ2v) is 4.61. The average molecular weight is 300 g/mol. The summed E-state index contributed by atoms with van der Waals surface area (Å²) in [5, 5.41) is 9.96. The second kappa shape index (κ2) is 6.17. The van der Waals surface area contributed by atoms with Gasteiger partial charge in [-0.2, -0.15) is 0 Å². The Labute approximate surface area is 127 Å². The third kappa shape index (κ3) is 2.85. The molecule has 0 heterocycles. The molecule has 6 heteroatoms. The molecule has 2 rings (SSSR count). The fraction of sp³-hybridized carbons (Fsp3) is 0.125. The summed E-state index contributed by atoms with van der Waals surface area (Å²) in [6.07, 6.45) is 0. The molecule has 0 spiro atoms. The van der Waals surface area contributed by atoms with Crippen molar-refractivity contribution in [1.82, 2.24) is 0 Å². The molecule has 3 N–H and O–H groups in total. The molecule has 22 heavy (non-hydrogen) atoms. The smallest absolute Gasteiger partial charge is 0.272 e. The van der Waals surface area contributed by atoms with E-state index in [1.807, 2.05) is 0 Å². The normalized spacial score (nSPS) is 10.1. The van der Waals surface area contributed by atoms with Gasteiger partial charge >= 0.3 is 0 Å². The molecule has 0 atom stereocenters. The first-order valence-corrected chi connectivity index (χ1v) is 6.52. The number of methoxy groups -OCH3 is 1. The Balaban J connectivity index is 2.55. The highest BCUT2D eigenvalue weighted by atomic mass is 16.5. The van der Waals surface area contributed by atoms with Gasteiger partial charge in [-0.05, 0) is 30.3 Å². The summed E-state index contributed by atoms with van der Waals surface area (Å²) in [4.78, 5) is 25.6. The van der Waals surface area contributed by atoms with Crippen molar-refractivity contribution in [3.05, 3.63) is 48.0 Å². The first-order valence-electron chi connectivity index (χ1n) is 6.52. The van der Waals surface area contributed by atoms with Gasteiger partial charge in [0.15, 0.2) is 0 Å². The number of carbonyl (C=O) groups is 2. The Morgan fingerprint density at radius 1 is 1.18 bits per heavy atom. The number of anilines is 2. The molecule has 0 radical (unpaired) electrons. The third-order valence-electron chi connectivity index (χ3n) is 3.08. The van der Waals surface area contributed by atoms with Gasteiger partial charge < -0.3 is 15.6 Å². The number of carbonyl (C=O) groups excluding carboxylic acids is 2. The summed E-state index contributed by atoms with van der Waals surface area (Å²) in [5.74, 6) is -1.27. The SMILES string of the molecule is COc1cccc(O)c1C(=O)N(C(C)=O)c1cccc(N)c1. The molecule has 0 aliphatic carbocycles. The number of nitrogens with two attached hydrogens (primary N) is 1. The van der Waals surface area contributed by atoms with E-state index in [2.05, 4.69) is 0 Å². The molecular weight excluding hydrogens is 284 g/mol. The number of phenolic OH excluding ortho intramolecular Hbond substituents is 1. The van der Waals surface area contributed by atoms with Gasteiger partial charge in [0.2, 0.25) is 5.91 Å². The van der Waals surface area contributed by atoms with Crippen LogP contribution in [0.2, 0.25) is 0 Å². The maximum Gasteiger partial charge on any atom is 0.272 e. The average Bonchev–Trinajstić information content (AvgIpc) is 2.46. The molecule has 2 aromatic carbocycles. The minimum atomic E-state index is -0.687. The van der Waals surface area contributed by atoms with Gasteiger partial charge in [-0.15, -0.1) is 0 Å². The first-order chi connectivity index (χ1) is 10.5. The fourth-order valence-corrected chi connectivity index (χ4v) is 2.12. The topological polar surface area (TPSA) is 92.9 Å². The molecule has 0 unspecified atom stereocenters. The van der Waals surface area contributed by atoms with Crippen LogP contribution in [0.3, 0.4) is 0 Å². The van der Waals surface area contributed by atoms with Gasteiger partial charge in [0.25, 0.3) is 5.91 Å². The van der Waals surface area contributed by atoms with E-state index in [0.29, 0.717) is 11.4 Å². The number of phenols is 1. The predicted octanol–water partition coefficient (Wildman–Crippen LogP) is 2.18. The van der Waals surface area contributed by atoms with Crippen LogP contribution in [0, 0.1) is 0 Å². The highest BCUT2D eigenvalue weighted by molar-refractivity contribution is 6.22. The number of hydrogen-bond acceptors (Lipinski definition) is 5. The number of ether oxygens (including phenoxy) is 1. The minimum absolute atomic E-state index is 0.0809. The zero-order chi connectivity index (χ0) is 16.3. The number of rotatable bonds is 3. The fourth-order valence-electron chi connectivity index (χ4n) is 2.12. The summed E-state index contributed by atoms with van der Waals surface area (Å²) in [5.41, 5.74) is 6.36. The molecule has 6 nitrogen and oxygen atoms in total. The summed E-state index contributed by atoms with van der Waals surface area (Å²) in [6.45, 7) is 1.26. The van der Waals surface area contributed by atoms with E-state index in [1.165, 1.54) is 32.2 Å². The molecule has 0 aromatic heterocycles. The van der Waals surface area contributed by atoms with Crippen molar-refractivity contribution in [2.45, 2.75) is 6.92 Å². The van der Waals surface area contributed by atoms with E-state index >= 15 is 0 Å². The highest BCUT2D eigenvalue weighted by Crippen LogP contribution is 2.30. The lowest BCUT2D eigenvalue weighted by Crippen LogP contribution is -2.35. The molecule has 2 aromatic rings. The quantitative estimate of drug-likeness (QED) is 0.847. The molecule has 0 aliphatic heterocycles. The lowest BCUT2D eigenvalue weighted by Gasteiger charge is -2.21. The van der Waals surface area contributed by atoms with Gasteiger partial charge in [-0.3, -0.25) is 9.59 Å². The Morgan fingerprint density at radius 2 is 1.86 bits per heavy atom. The van der Waals surface area contributed by atoms with Gasteiger partial charge in [0, 0.05) is 12.6 Å². The molecule has 0 bridgehead atoms. The molecule has 0 saturated heterocycles. The van der Waals surface area contributed by atoms with Crippen LogP contribution in [-0.2, 0) is 4.79 Å². The van der Waals surface area contributed by atoms with Crippen molar-refractivity contribution in [3.63, 3.8) is 0 Å². The molecule has 2 amide bonds. The summed E-state index contributed by atoms with van der Waals surface area (Å²) >= 11 is 0. The van der Waals surface area contributed by atoms with Crippen molar-refractivity contribution in [2.75, 3.05) is 17.7 Å². The molecule has 0 saturated carbocycles. The minimum Gasteiger partial charge on any atom is -0.507 e. The molecule has 0 aliphatic rings. The number of amides is 2. The Kier molecular flexibility index (Phi) is 4.31. The van der Waals surface area contributed by atoms with E-state index in [-0.39, 0.29) is 17.1 Å². The standard InChI is InChI=1S/C16H16N2O4/c1-10(19)18(12-6-3-5-11(17)9-12)16(21)15-13(20)7-4-8-14(15)22-2/h3-9,20H,17H2,1-2H3. The number of hydrogen-bond donors (Lipinski definition) is 2. The Hall–Kier alpha value is -3.02. The number of nitrogen functional groups attached to an aromatic ring is 1. The van der Waals surface area contributed by atoms with Crippen LogP contribution in [0.5, 0.6) is 11.5 Å². The summed E-state index contributed by atoms with van der Waals surface area (Å²) in [6, 6.07) is 10.8. The zero-order valence-corrected chi connectivity index (χ0v) is 12.2. The van der Waals surface area contributed by atoms with Gasteiger partial charge in [0.05, 0.1) is 12.8 Å². The third-order valence-corrected chi connectivity index (χ3v) is 3.08. The van der Waals surface area contributed by atoms with Gasteiger partial charge in [0.1, 0.15) is 17.1 Å². The van der Waals surface area contributed by atoms with E-state index in [1.54, 1.807) is 24.3 Å². The maximum absolute atomic E-state index is 12.7. The molecule has 0 fully saturated rings. The number of nitrogens with zero attached hydrogens (tertiary/aromatic N) is 1.